The van der Waals surface area contributed by atoms with Crippen LogP contribution in [0.3, 0.4) is 0 Å². The lowest BCUT2D eigenvalue weighted by atomic mass is 10.3. The summed E-state index contributed by atoms with van der Waals surface area (Å²) < 4.78 is 94.3. The smallest absolute Gasteiger partial charge is 0.0781 e. The molecule has 0 amide bonds. The van der Waals surface area contributed by atoms with Gasteiger partial charge in [-0.1, -0.05) is 6.92 Å². The van der Waals surface area contributed by atoms with Gasteiger partial charge in [0.05, 0.1) is 203 Å². The van der Waals surface area contributed by atoms with E-state index in [-0.39, 0.29) is 104 Å². The first-order chi connectivity index (χ1) is 32.2. The highest BCUT2D eigenvalue weighted by atomic mass is 16.6. The number of hydrogen-bond donors (Lipinski definition) is 1. The molecule has 0 aromatic heterocycles. The Bertz CT molecular complexity index is 1100. The van der Waals surface area contributed by atoms with Crippen molar-refractivity contribution in [2.75, 3.05) is 112 Å². The lowest BCUT2D eigenvalue weighted by Crippen LogP contribution is -2.31. The summed E-state index contributed by atoms with van der Waals surface area (Å²) in [7, 11) is 0. The second-order valence-corrected chi connectivity index (χ2v) is 19.0. The Balaban J connectivity index is 3.99. The minimum Gasteiger partial charge on any atom is -0.394 e. The molecule has 0 spiro atoms. The molecule has 17 heteroatoms. The van der Waals surface area contributed by atoms with Crippen molar-refractivity contribution in [3.05, 3.63) is 0 Å². The van der Waals surface area contributed by atoms with E-state index in [0.717, 1.165) is 13.0 Å². The number of aliphatic hydroxyl groups excluding tert-OH is 1. The van der Waals surface area contributed by atoms with Crippen molar-refractivity contribution in [3.63, 3.8) is 0 Å². The van der Waals surface area contributed by atoms with Gasteiger partial charge >= 0.3 is 0 Å². The van der Waals surface area contributed by atoms with E-state index >= 15 is 0 Å². The average Bonchev–Trinajstić information content (AvgIpc) is 3.32. The van der Waals surface area contributed by atoms with Gasteiger partial charge in [-0.2, -0.15) is 0 Å². The third kappa shape index (κ3) is 41.9. The Labute approximate surface area is 414 Å². The van der Waals surface area contributed by atoms with E-state index < -0.39 is 0 Å². The van der Waals surface area contributed by atoms with Gasteiger partial charge in [0.1, 0.15) is 0 Å². The maximum atomic E-state index is 9.08. The fourth-order valence-corrected chi connectivity index (χ4v) is 5.59. The van der Waals surface area contributed by atoms with E-state index in [2.05, 4.69) is 6.92 Å². The minimum atomic E-state index is -0.202. The molecule has 68 heavy (non-hydrogen) atoms. The van der Waals surface area contributed by atoms with Crippen molar-refractivity contribution in [1.82, 2.24) is 0 Å². The number of aliphatic hydroxyl groups is 1. The standard InChI is InChI=1S/C51H104O17/c1-18-19-53-37(3)21-55-39(5)23-57-41(7)25-59-43(9)27-61-45(11)29-63-47(13)31-65-49(15)33-67-51(17)35-68-50(16)34-66-48(14)32-64-46(12)30-62-44(10)28-60-42(8)26-58-40(6)24-56-38(4)22-54-36(2)20-52/h36-52H,18-35H2,1-17H3. The topological polar surface area (TPSA) is 168 Å². The molecule has 0 aliphatic carbocycles. The number of ether oxygens (including phenoxy) is 16. The molecule has 0 aliphatic heterocycles. The Hall–Kier alpha value is -0.680. The highest BCUT2D eigenvalue weighted by molar-refractivity contribution is 4.63. The summed E-state index contributed by atoms with van der Waals surface area (Å²) >= 11 is 0. The monoisotopic (exact) mass is 989 g/mol. The second-order valence-electron chi connectivity index (χ2n) is 19.0. The van der Waals surface area contributed by atoms with Crippen LogP contribution in [0.1, 0.15) is 124 Å². The first-order valence-corrected chi connectivity index (χ1v) is 25.7. The average molecular weight is 989 g/mol. The van der Waals surface area contributed by atoms with E-state index in [0.29, 0.717) is 99.1 Å². The van der Waals surface area contributed by atoms with E-state index in [4.69, 9.17) is 80.9 Å². The van der Waals surface area contributed by atoms with Crippen LogP contribution in [-0.4, -0.2) is 215 Å². The van der Waals surface area contributed by atoms with Crippen LogP contribution < -0.4 is 0 Å². The van der Waals surface area contributed by atoms with Gasteiger partial charge in [-0.05, 0) is 117 Å². The van der Waals surface area contributed by atoms with Crippen molar-refractivity contribution in [1.29, 1.82) is 0 Å². The highest BCUT2D eigenvalue weighted by Crippen LogP contribution is 2.09. The molecule has 16 unspecified atom stereocenters. The molecule has 1 N–H and O–H groups in total. The third-order valence-corrected chi connectivity index (χ3v) is 10.1. The molecule has 0 rings (SSSR count). The molecular formula is C51H104O17. The van der Waals surface area contributed by atoms with Crippen molar-refractivity contribution in [2.24, 2.45) is 0 Å². The molecule has 0 bridgehead atoms. The summed E-state index contributed by atoms with van der Waals surface area (Å²) in [6, 6.07) is 0. The Morgan fingerprint density at radius 1 is 0.206 bits per heavy atom. The van der Waals surface area contributed by atoms with Gasteiger partial charge in [0.25, 0.3) is 0 Å². The number of hydrogen-bond acceptors (Lipinski definition) is 17. The van der Waals surface area contributed by atoms with E-state index in [1.54, 1.807) is 0 Å². The zero-order valence-electron chi connectivity index (χ0n) is 45.9. The summed E-state index contributed by atoms with van der Waals surface area (Å²) in [6.07, 6.45) is -0.337. The van der Waals surface area contributed by atoms with Crippen LogP contribution in [0.5, 0.6) is 0 Å². The van der Waals surface area contributed by atoms with Crippen LogP contribution in [0.4, 0.5) is 0 Å². The fourth-order valence-electron chi connectivity index (χ4n) is 5.59. The lowest BCUT2D eigenvalue weighted by molar-refractivity contribution is -0.116. The van der Waals surface area contributed by atoms with Gasteiger partial charge in [0, 0.05) is 6.61 Å². The summed E-state index contributed by atoms with van der Waals surface area (Å²) in [4.78, 5) is 0. The number of rotatable bonds is 49. The molecule has 16 atom stereocenters. The predicted molar refractivity (Wildman–Crippen MR) is 264 cm³/mol. The Morgan fingerprint density at radius 3 is 0.441 bits per heavy atom. The maximum Gasteiger partial charge on any atom is 0.0781 e. The molecule has 0 fully saturated rings. The molecule has 0 aromatic carbocycles. The van der Waals surface area contributed by atoms with Gasteiger partial charge in [0.2, 0.25) is 0 Å². The maximum absolute atomic E-state index is 9.08. The SMILES string of the molecule is CCCOC(C)COC(C)COC(C)COC(C)COC(C)COC(C)COC(C)COC(C)COC(C)COC(C)COC(C)COC(C)COC(C)COC(C)COC(C)COC(C)CO. The molecule has 0 saturated heterocycles. The van der Waals surface area contributed by atoms with Crippen molar-refractivity contribution in [3.8, 4) is 0 Å². The zero-order valence-corrected chi connectivity index (χ0v) is 45.9. The van der Waals surface area contributed by atoms with Gasteiger partial charge in [-0.3, -0.25) is 0 Å². The van der Waals surface area contributed by atoms with Crippen LogP contribution >= 0.6 is 0 Å². The molecule has 0 aliphatic rings. The van der Waals surface area contributed by atoms with Crippen LogP contribution in [0.2, 0.25) is 0 Å². The van der Waals surface area contributed by atoms with Crippen LogP contribution in [0.25, 0.3) is 0 Å². The largest absolute Gasteiger partial charge is 0.394 e. The van der Waals surface area contributed by atoms with Crippen LogP contribution in [-0.2, 0) is 75.8 Å². The fraction of sp³-hybridized carbons (Fsp3) is 1.00. The van der Waals surface area contributed by atoms with Crippen molar-refractivity contribution < 1.29 is 80.9 Å². The van der Waals surface area contributed by atoms with E-state index in [1.165, 1.54) is 0 Å². The molecule has 0 heterocycles. The molecule has 0 radical (unpaired) electrons. The van der Waals surface area contributed by atoms with Crippen LogP contribution in [0, 0.1) is 0 Å². The summed E-state index contributed by atoms with van der Waals surface area (Å²) in [5, 5.41) is 9.08. The first kappa shape index (κ1) is 67.3. The van der Waals surface area contributed by atoms with Gasteiger partial charge in [-0.25, -0.2) is 0 Å². The van der Waals surface area contributed by atoms with Gasteiger partial charge in [0.15, 0.2) is 0 Å². The Kier molecular flexibility index (Phi) is 42.4. The molecular weight excluding hydrogens is 885 g/mol. The molecule has 410 valence electrons. The molecule has 17 nitrogen and oxygen atoms in total. The second kappa shape index (κ2) is 42.8. The van der Waals surface area contributed by atoms with Crippen molar-refractivity contribution >= 4 is 0 Å². The summed E-state index contributed by atoms with van der Waals surface area (Å²) in [5.41, 5.74) is 0. The summed E-state index contributed by atoms with van der Waals surface area (Å²) in [6.45, 7) is 41.3. The molecule has 0 aromatic rings. The lowest BCUT2D eigenvalue weighted by Gasteiger charge is -2.23. The Morgan fingerprint density at radius 2 is 0.324 bits per heavy atom. The highest BCUT2D eigenvalue weighted by Gasteiger charge is 2.18. The van der Waals surface area contributed by atoms with Crippen molar-refractivity contribution in [2.45, 2.75) is 222 Å². The minimum absolute atomic E-state index is 0.00970. The van der Waals surface area contributed by atoms with E-state index in [9.17, 15) is 0 Å². The first-order valence-electron chi connectivity index (χ1n) is 25.7. The predicted octanol–water partition coefficient (Wildman–Crippen LogP) is 6.87. The quantitative estimate of drug-likeness (QED) is 0.0670. The normalized spacial score (nSPS) is 19.5. The third-order valence-electron chi connectivity index (χ3n) is 10.1. The van der Waals surface area contributed by atoms with Gasteiger partial charge < -0.3 is 80.9 Å². The van der Waals surface area contributed by atoms with Crippen LogP contribution in [0.15, 0.2) is 0 Å². The molecule has 0 saturated carbocycles. The van der Waals surface area contributed by atoms with E-state index in [1.807, 2.05) is 111 Å². The van der Waals surface area contributed by atoms with Gasteiger partial charge in [-0.15, -0.1) is 0 Å². The summed E-state index contributed by atoms with van der Waals surface area (Å²) in [5.74, 6) is 0. The zero-order chi connectivity index (χ0) is 51.3.